The number of carbonyl (C=O) groups is 1. The second-order valence-corrected chi connectivity index (χ2v) is 9.01. The Morgan fingerprint density at radius 1 is 0.900 bits per heavy atom. The summed E-state index contributed by atoms with van der Waals surface area (Å²) < 4.78 is 1.96. The van der Waals surface area contributed by atoms with E-state index >= 15 is 0 Å². The van der Waals surface area contributed by atoms with Crippen molar-refractivity contribution >= 4 is 22.9 Å². The number of amides is 1. The van der Waals surface area contributed by atoms with Gasteiger partial charge in [-0.2, -0.15) is 5.26 Å². The van der Waals surface area contributed by atoms with Crippen molar-refractivity contribution in [2.45, 2.75) is 6.54 Å². The summed E-state index contributed by atoms with van der Waals surface area (Å²) in [5, 5.41) is 11.9. The van der Waals surface area contributed by atoms with E-state index in [-0.39, 0.29) is 17.3 Å². The van der Waals surface area contributed by atoms with Crippen LogP contribution in [0.1, 0.15) is 21.7 Å². The maximum atomic E-state index is 12.5. The number of benzene rings is 2. The van der Waals surface area contributed by atoms with Crippen LogP contribution < -0.4 is 11.1 Å². The second-order valence-electron chi connectivity index (χ2n) is 9.01. The number of rotatable bonds is 6. The van der Waals surface area contributed by atoms with Crippen LogP contribution >= 0.6 is 0 Å². The fourth-order valence-corrected chi connectivity index (χ4v) is 4.44. The molecule has 9 nitrogen and oxygen atoms in total. The Labute approximate surface area is 229 Å². The third-order valence-corrected chi connectivity index (χ3v) is 6.43. The van der Waals surface area contributed by atoms with E-state index in [4.69, 9.17) is 21.0 Å². The van der Waals surface area contributed by atoms with Gasteiger partial charge in [-0.15, -0.1) is 0 Å². The van der Waals surface area contributed by atoms with Crippen LogP contribution in [0.25, 0.3) is 39.4 Å². The molecule has 0 aliphatic heterocycles. The lowest BCUT2D eigenvalue weighted by Gasteiger charge is -2.11. The third-order valence-electron chi connectivity index (χ3n) is 6.43. The Morgan fingerprint density at radius 3 is 2.50 bits per heavy atom. The molecule has 0 bridgehead atoms. The molecule has 1 amide bonds. The summed E-state index contributed by atoms with van der Waals surface area (Å²) in [7, 11) is 0. The van der Waals surface area contributed by atoms with Crippen LogP contribution in [0.15, 0.2) is 103 Å². The van der Waals surface area contributed by atoms with Gasteiger partial charge in [0, 0.05) is 30.2 Å². The van der Waals surface area contributed by atoms with Gasteiger partial charge < -0.3 is 11.1 Å². The molecule has 9 heteroatoms. The number of nitrogen functional groups attached to an aromatic ring is 1. The smallest absolute Gasteiger partial charge is 0.270 e. The van der Waals surface area contributed by atoms with Gasteiger partial charge in [-0.25, -0.2) is 19.9 Å². The number of nitrogens with two attached hydrogens (primary N) is 1. The van der Waals surface area contributed by atoms with Crippen molar-refractivity contribution in [3.8, 4) is 34.3 Å². The minimum absolute atomic E-state index is 0.194. The number of hydrogen-bond acceptors (Lipinski definition) is 7. The fraction of sp³-hybridized carbons (Fsp3) is 0.0323. The van der Waals surface area contributed by atoms with E-state index in [9.17, 15) is 4.79 Å². The van der Waals surface area contributed by atoms with Crippen LogP contribution in [-0.4, -0.2) is 30.4 Å². The van der Waals surface area contributed by atoms with Crippen molar-refractivity contribution < 1.29 is 4.79 Å². The number of nitrogens with one attached hydrogen (secondary N) is 1. The van der Waals surface area contributed by atoms with Crippen LogP contribution in [0, 0.1) is 11.3 Å². The molecule has 40 heavy (non-hydrogen) atoms. The van der Waals surface area contributed by atoms with Crippen molar-refractivity contribution in [2.75, 3.05) is 5.73 Å². The standard InChI is InChI=1S/C31H22N8O/c32-17-23-8-4-10-26(37-23)31(40)36-18-20-11-13-24(14-12-20)39-29(25-9-5-15-34-28(25)33)38-27-16-22(19-35-30(27)39)21-6-2-1-3-7-21/h1-16,19H,18H2,(H2,33,34)(H,36,40). The van der Waals surface area contributed by atoms with Crippen LogP contribution in [-0.2, 0) is 6.54 Å². The van der Waals surface area contributed by atoms with Crippen molar-refractivity contribution in [3.05, 3.63) is 120 Å². The molecule has 0 unspecified atom stereocenters. The first-order valence-corrected chi connectivity index (χ1v) is 12.5. The number of carbonyl (C=O) groups excluding carboxylic acids is 1. The molecule has 192 valence electrons. The Kier molecular flexibility index (Phi) is 6.40. The highest BCUT2D eigenvalue weighted by molar-refractivity contribution is 5.92. The molecular weight excluding hydrogens is 500 g/mol. The highest BCUT2D eigenvalue weighted by Crippen LogP contribution is 2.32. The highest BCUT2D eigenvalue weighted by Gasteiger charge is 2.18. The van der Waals surface area contributed by atoms with Crippen molar-refractivity contribution in [1.29, 1.82) is 5.26 Å². The van der Waals surface area contributed by atoms with Crippen LogP contribution in [0.4, 0.5) is 5.82 Å². The molecule has 0 spiro atoms. The molecule has 4 aromatic heterocycles. The Balaban J connectivity index is 1.34. The number of imidazole rings is 1. The maximum Gasteiger partial charge on any atom is 0.270 e. The first-order chi connectivity index (χ1) is 19.6. The Hall–Kier alpha value is -5.88. The van der Waals surface area contributed by atoms with E-state index in [2.05, 4.69) is 15.3 Å². The van der Waals surface area contributed by atoms with Crippen molar-refractivity contribution in [1.82, 2.24) is 29.8 Å². The van der Waals surface area contributed by atoms with E-state index in [0.29, 0.717) is 29.4 Å². The number of hydrogen-bond donors (Lipinski definition) is 2. The molecule has 0 atom stereocenters. The lowest BCUT2D eigenvalue weighted by molar-refractivity contribution is 0.0946. The number of fused-ring (bicyclic) bond motifs is 1. The van der Waals surface area contributed by atoms with Gasteiger partial charge in [-0.3, -0.25) is 9.36 Å². The quantitative estimate of drug-likeness (QED) is 0.317. The monoisotopic (exact) mass is 522 g/mol. The zero-order valence-electron chi connectivity index (χ0n) is 21.2. The second kappa shape index (κ2) is 10.5. The number of pyridine rings is 3. The van der Waals surface area contributed by atoms with Crippen LogP contribution in [0.5, 0.6) is 0 Å². The molecule has 6 rings (SSSR count). The predicted molar refractivity (Wildman–Crippen MR) is 152 cm³/mol. The molecule has 0 radical (unpaired) electrons. The summed E-state index contributed by atoms with van der Waals surface area (Å²) in [6.45, 7) is 0.295. The molecule has 0 aliphatic rings. The van der Waals surface area contributed by atoms with Crippen molar-refractivity contribution in [3.63, 3.8) is 0 Å². The van der Waals surface area contributed by atoms with Gasteiger partial charge in [0.1, 0.15) is 28.8 Å². The summed E-state index contributed by atoms with van der Waals surface area (Å²) in [5.41, 5.74) is 12.5. The summed E-state index contributed by atoms with van der Waals surface area (Å²) in [5.74, 6) is 0.646. The van der Waals surface area contributed by atoms with Gasteiger partial charge >= 0.3 is 0 Å². The molecule has 0 fully saturated rings. The van der Waals surface area contributed by atoms with Gasteiger partial charge in [-0.05, 0) is 53.6 Å². The highest BCUT2D eigenvalue weighted by atomic mass is 16.1. The van der Waals surface area contributed by atoms with E-state index < -0.39 is 0 Å². The molecular formula is C31H22N8O. The zero-order chi connectivity index (χ0) is 27.5. The van der Waals surface area contributed by atoms with Crippen LogP contribution in [0.3, 0.4) is 0 Å². The van der Waals surface area contributed by atoms with E-state index in [0.717, 1.165) is 27.9 Å². The number of aromatic nitrogens is 5. The molecule has 6 aromatic rings. The normalized spacial score (nSPS) is 10.8. The topological polar surface area (TPSA) is 135 Å². The first kappa shape index (κ1) is 24.5. The molecule has 4 heterocycles. The lowest BCUT2D eigenvalue weighted by Crippen LogP contribution is -2.24. The fourth-order valence-electron chi connectivity index (χ4n) is 4.44. The van der Waals surface area contributed by atoms with Gasteiger partial charge in [0.25, 0.3) is 5.91 Å². The first-order valence-electron chi connectivity index (χ1n) is 12.5. The lowest BCUT2D eigenvalue weighted by atomic mass is 10.1. The van der Waals surface area contributed by atoms with E-state index in [1.54, 1.807) is 24.4 Å². The summed E-state index contributed by atoms with van der Waals surface area (Å²) in [4.78, 5) is 30.6. The van der Waals surface area contributed by atoms with Crippen LogP contribution in [0.2, 0.25) is 0 Å². The Morgan fingerprint density at radius 2 is 1.73 bits per heavy atom. The van der Waals surface area contributed by atoms with E-state index in [1.165, 1.54) is 0 Å². The largest absolute Gasteiger partial charge is 0.383 e. The molecule has 2 aromatic carbocycles. The zero-order valence-corrected chi connectivity index (χ0v) is 21.2. The summed E-state index contributed by atoms with van der Waals surface area (Å²) >= 11 is 0. The summed E-state index contributed by atoms with van der Waals surface area (Å²) in [6.07, 6.45) is 3.48. The minimum Gasteiger partial charge on any atom is -0.383 e. The Bertz CT molecular complexity index is 1890. The molecule has 0 saturated carbocycles. The average Bonchev–Trinajstić information content (AvgIpc) is 3.39. The molecule has 3 N–H and O–H groups in total. The summed E-state index contributed by atoms with van der Waals surface area (Å²) in [6, 6.07) is 30.2. The maximum absolute atomic E-state index is 12.5. The van der Waals surface area contributed by atoms with E-state index in [1.807, 2.05) is 89.6 Å². The average molecular weight is 523 g/mol. The van der Waals surface area contributed by atoms with Gasteiger partial charge in [-0.1, -0.05) is 48.5 Å². The molecule has 0 saturated heterocycles. The SMILES string of the molecule is N#Cc1cccc(C(=O)NCc2ccc(-n3c(-c4cccnc4N)nc4cc(-c5ccccc5)cnc43)cc2)n1. The number of nitrogens with zero attached hydrogens (tertiary/aromatic N) is 6. The van der Waals surface area contributed by atoms with Gasteiger partial charge in [0.15, 0.2) is 11.5 Å². The number of anilines is 1. The van der Waals surface area contributed by atoms with Gasteiger partial charge in [0.2, 0.25) is 0 Å². The minimum atomic E-state index is -0.352. The number of nitriles is 1. The molecule has 0 aliphatic carbocycles. The van der Waals surface area contributed by atoms with Crippen molar-refractivity contribution in [2.24, 2.45) is 0 Å². The third kappa shape index (κ3) is 4.73. The predicted octanol–water partition coefficient (Wildman–Crippen LogP) is 4.93. The van der Waals surface area contributed by atoms with Gasteiger partial charge in [0.05, 0.1) is 5.56 Å².